The summed E-state index contributed by atoms with van der Waals surface area (Å²) in [6, 6.07) is 7.15. The Morgan fingerprint density at radius 2 is 1.90 bits per heavy atom. The van der Waals surface area contributed by atoms with Crippen LogP contribution in [-0.4, -0.2) is 58.6 Å². The van der Waals surface area contributed by atoms with Gasteiger partial charge in [0.05, 0.1) is 11.1 Å². The Balaban J connectivity index is 1.29. The van der Waals surface area contributed by atoms with Crippen LogP contribution in [0.5, 0.6) is 0 Å². The van der Waals surface area contributed by atoms with Gasteiger partial charge in [-0.1, -0.05) is 25.6 Å². The monoisotopic (exact) mass is 442 g/mol. The number of thioether (sulfide) groups is 1. The number of nitrogens with one attached hydrogen (secondary N) is 2. The van der Waals surface area contributed by atoms with Gasteiger partial charge in [0.1, 0.15) is 5.25 Å². The summed E-state index contributed by atoms with van der Waals surface area (Å²) in [7, 11) is 0. The van der Waals surface area contributed by atoms with Crippen molar-refractivity contribution in [2.24, 2.45) is 16.8 Å². The van der Waals surface area contributed by atoms with Gasteiger partial charge in [-0.15, -0.1) is 0 Å². The maximum absolute atomic E-state index is 12.8. The molecule has 1 aromatic carbocycles. The van der Waals surface area contributed by atoms with Crippen molar-refractivity contribution in [1.29, 1.82) is 0 Å². The van der Waals surface area contributed by atoms with Crippen LogP contribution in [0.15, 0.2) is 29.3 Å². The van der Waals surface area contributed by atoms with E-state index >= 15 is 0 Å². The molecule has 0 aromatic heterocycles. The van der Waals surface area contributed by atoms with Crippen LogP contribution in [-0.2, 0) is 9.59 Å². The molecule has 2 N–H and O–H groups in total. The van der Waals surface area contributed by atoms with Crippen LogP contribution in [0.3, 0.4) is 0 Å². The van der Waals surface area contributed by atoms with Gasteiger partial charge in [0.2, 0.25) is 5.91 Å². The predicted octanol–water partition coefficient (Wildman–Crippen LogP) is 2.93. The van der Waals surface area contributed by atoms with Crippen LogP contribution in [0, 0.1) is 11.8 Å². The Morgan fingerprint density at radius 3 is 2.55 bits per heavy atom. The first-order chi connectivity index (χ1) is 14.9. The highest BCUT2D eigenvalue weighted by molar-refractivity contribution is 8.15. The third kappa shape index (κ3) is 5.36. The van der Waals surface area contributed by atoms with Crippen LogP contribution in [0.25, 0.3) is 0 Å². The van der Waals surface area contributed by atoms with Crippen molar-refractivity contribution in [2.75, 3.05) is 25.0 Å². The van der Waals surface area contributed by atoms with Gasteiger partial charge in [-0.3, -0.25) is 14.4 Å². The van der Waals surface area contributed by atoms with Gasteiger partial charge in [0, 0.05) is 30.8 Å². The molecule has 4 unspecified atom stereocenters. The zero-order valence-corrected chi connectivity index (χ0v) is 18.9. The molecular formula is C23H30N4O3S. The zero-order chi connectivity index (χ0) is 22.0. The SMILES string of the molecule is CC1CC(C)CN(C(=O)c2ccc(NC(=O)CC3SC(C4CCCN4)=NC3=O)cc2)C1. The molecule has 0 spiro atoms. The maximum atomic E-state index is 12.8. The van der Waals surface area contributed by atoms with Crippen molar-refractivity contribution < 1.29 is 14.4 Å². The predicted molar refractivity (Wildman–Crippen MR) is 123 cm³/mol. The van der Waals surface area contributed by atoms with Gasteiger partial charge in [-0.05, 0) is 61.9 Å². The fourth-order valence-electron chi connectivity index (χ4n) is 4.68. The summed E-state index contributed by atoms with van der Waals surface area (Å²) in [5.74, 6) is 0.608. The second-order valence-corrected chi connectivity index (χ2v) is 10.3. The Morgan fingerprint density at radius 1 is 1.19 bits per heavy atom. The summed E-state index contributed by atoms with van der Waals surface area (Å²) in [5, 5.41) is 6.53. The minimum atomic E-state index is -0.457. The van der Waals surface area contributed by atoms with E-state index in [9.17, 15) is 14.4 Å². The zero-order valence-electron chi connectivity index (χ0n) is 18.1. The number of amides is 3. The summed E-state index contributed by atoms with van der Waals surface area (Å²) in [4.78, 5) is 43.5. The molecule has 0 aliphatic carbocycles. The Kier molecular flexibility index (Phi) is 6.77. The van der Waals surface area contributed by atoms with Gasteiger partial charge >= 0.3 is 0 Å². The first-order valence-corrected chi connectivity index (χ1v) is 12.0. The molecule has 3 aliphatic rings. The normalized spacial score (nSPS) is 28.5. The number of benzene rings is 1. The van der Waals surface area contributed by atoms with E-state index in [4.69, 9.17) is 0 Å². The molecule has 0 radical (unpaired) electrons. The molecule has 166 valence electrons. The minimum absolute atomic E-state index is 0.0365. The van der Waals surface area contributed by atoms with E-state index in [0.717, 1.165) is 43.9 Å². The Labute approximate surface area is 187 Å². The van der Waals surface area contributed by atoms with Crippen LogP contribution in [0.2, 0.25) is 0 Å². The average Bonchev–Trinajstić information content (AvgIpc) is 3.38. The molecule has 8 heteroatoms. The second-order valence-electron chi connectivity index (χ2n) is 9.03. The number of rotatable bonds is 5. The number of hydrogen-bond acceptors (Lipinski definition) is 5. The lowest BCUT2D eigenvalue weighted by Crippen LogP contribution is -2.42. The summed E-state index contributed by atoms with van der Waals surface area (Å²) in [6.45, 7) is 6.88. The van der Waals surface area contributed by atoms with Crippen molar-refractivity contribution in [3.05, 3.63) is 29.8 Å². The van der Waals surface area contributed by atoms with E-state index in [0.29, 0.717) is 23.1 Å². The maximum Gasteiger partial charge on any atom is 0.260 e. The Bertz CT molecular complexity index is 869. The van der Waals surface area contributed by atoms with E-state index in [1.54, 1.807) is 24.3 Å². The van der Waals surface area contributed by atoms with Gasteiger partial charge < -0.3 is 15.5 Å². The largest absolute Gasteiger partial charge is 0.338 e. The van der Waals surface area contributed by atoms with E-state index in [1.165, 1.54) is 11.8 Å². The number of likely N-dealkylation sites (tertiary alicyclic amines) is 1. The summed E-state index contributed by atoms with van der Waals surface area (Å²) < 4.78 is 0. The van der Waals surface area contributed by atoms with Crippen molar-refractivity contribution in [3.63, 3.8) is 0 Å². The molecule has 4 atom stereocenters. The first-order valence-electron chi connectivity index (χ1n) is 11.1. The highest BCUT2D eigenvalue weighted by Gasteiger charge is 2.34. The van der Waals surface area contributed by atoms with Crippen LogP contribution in [0.1, 0.15) is 49.9 Å². The lowest BCUT2D eigenvalue weighted by molar-refractivity contribution is -0.121. The van der Waals surface area contributed by atoms with E-state index < -0.39 is 5.25 Å². The molecule has 2 saturated heterocycles. The molecule has 0 saturated carbocycles. The lowest BCUT2D eigenvalue weighted by Gasteiger charge is -2.35. The Hall–Kier alpha value is -2.19. The molecule has 3 aliphatic heterocycles. The quantitative estimate of drug-likeness (QED) is 0.732. The van der Waals surface area contributed by atoms with E-state index in [-0.39, 0.29) is 30.2 Å². The fourth-order valence-corrected chi connectivity index (χ4v) is 5.86. The number of piperidine rings is 1. The third-order valence-corrected chi connectivity index (χ3v) is 7.33. The number of anilines is 1. The average molecular weight is 443 g/mol. The lowest BCUT2D eigenvalue weighted by atomic mass is 9.91. The molecule has 0 bridgehead atoms. The highest BCUT2D eigenvalue weighted by Crippen LogP contribution is 2.29. The van der Waals surface area contributed by atoms with E-state index in [2.05, 4.69) is 29.5 Å². The standard InChI is InChI=1S/C23H30N4O3S/c1-14-10-15(2)13-27(12-14)23(30)16-5-7-17(8-6-16)25-20(28)11-19-21(29)26-22(31-19)18-4-3-9-24-18/h5-8,14-15,18-19,24H,3-4,9-13H2,1-2H3,(H,25,28). The molecule has 3 amide bonds. The molecule has 4 rings (SSSR count). The smallest absolute Gasteiger partial charge is 0.260 e. The van der Waals surface area contributed by atoms with Gasteiger partial charge in [-0.25, -0.2) is 4.99 Å². The van der Waals surface area contributed by atoms with E-state index in [1.807, 2.05) is 4.90 Å². The third-order valence-electron chi connectivity index (χ3n) is 6.06. The van der Waals surface area contributed by atoms with Crippen LogP contribution >= 0.6 is 11.8 Å². The first kappa shape index (κ1) is 22.0. The summed E-state index contributed by atoms with van der Waals surface area (Å²) >= 11 is 1.40. The van der Waals surface area contributed by atoms with Gasteiger partial charge in [0.15, 0.2) is 0 Å². The number of nitrogens with zero attached hydrogens (tertiary/aromatic N) is 2. The fraction of sp³-hybridized carbons (Fsp3) is 0.565. The molecule has 7 nitrogen and oxygen atoms in total. The number of aliphatic imine (C=N–C) groups is 1. The van der Waals surface area contributed by atoms with Gasteiger partial charge in [0.25, 0.3) is 11.8 Å². The topological polar surface area (TPSA) is 90.9 Å². The van der Waals surface area contributed by atoms with Crippen molar-refractivity contribution in [2.45, 2.75) is 50.8 Å². The van der Waals surface area contributed by atoms with Crippen molar-refractivity contribution in [1.82, 2.24) is 10.2 Å². The second kappa shape index (κ2) is 9.53. The number of carbonyl (C=O) groups excluding carboxylic acids is 3. The van der Waals surface area contributed by atoms with Crippen molar-refractivity contribution >= 4 is 40.2 Å². The minimum Gasteiger partial charge on any atom is -0.338 e. The molecule has 2 fully saturated rings. The molecule has 31 heavy (non-hydrogen) atoms. The highest BCUT2D eigenvalue weighted by atomic mass is 32.2. The van der Waals surface area contributed by atoms with Crippen molar-refractivity contribution in [3.8, 4) is 0 Å². The molecular weight excluding hydrogens is 412 g/mol. The van der Waals surface area contributed by atoms with Crippen LogP contribution < -0.4 is 10.6 Å². The number of hydrogen-bond donors (Lipinski definition) is 2. The summed E-state index contributed by atoms with van der Waals surface area (Å²) in [5.41, 5.74) is 1.25. The van der Waals surface area contributed by atoms with Gasteiger partial charge in [-0.2, -0.15) is 0 Å². The molecule has 1 aromatic rings. The number of carbonyl (C=O) groups is 3. The van der Waals surface area contributed by atoms with Crippen LogP contribution in [0.4, 0.5) is 5.69 Å². The summed E-state index contributed by atoms with van der Waals surface area (Å²) in [6.07, 6.45) is 3.31. The molecule has 3 heterocycles.